The monoisotopic (exact) mass is 511 g/mol. The molecule has 8 heteroatoms. The standard InChI is InChI=1S/C27H30ClN3O3S/c1-20(18-27(2,3)23-8-6-5-7-9-23)29-30-26(32)22-12-16-25(17-13-22)31(35(4,33)34)19-21-10-14-24(28)15-11-21/h5-17H,18-19H2,1-4H3,(H,30,32)/b29-20-. The molecule has 0 atom stereocenters. The number of rotatable bonds is 9. The van der Waals surface area contributed by atoms with E-state index in [2.05, 4.69) is 36.5 Å². The third kappa shape index (κ3) is 7.41. The van der Waals surface area contributed by atoms with Crippen molar-refractivity contribution < 1.29 is 13.2 Å². The van der Waals surface area contributed by atoms with Crippen LogP contribution in [0.4, 0.5) is 5.69 Å². The molecule has 1 N–H and O–H groups in total. The number of hydrazone groups is 1. The van der Waals surface area contributed by atoms with Gasteiger partial charge in [-0.05, 0) is 66.3 Å². The first kappa shape index (κ1) is 26.4. The van der Waals surface area contributed by atoms with E-state index in [0.717, 1.165) is 17.5 Å². The van der Waals surface area contributed by atoms with Crippen LogP contribution in [0.2, 0.25) is 5.02 Å². The minimum atomic E-state index is -3.54. The summed E-state index contributed by atoms with van der Waals surface area (Å²) in [7, 11) is -3.54. The third-order valence-electron chi connectivity index (χ3n) is 5.66. The van der Waals surface area contributed by atoms with Crippen LogP contribution in [0.3, 0.4) is 0 Å². The Hall–Kier alpha value is -3.16. The van der Waals surface area contributed by atoms with Gasteiger partial charge >= 0.3 is 0 Å². The Morgan fingerprint density at radius 1 is 0.971 bits per heavy atom. The van der Waals surface area contributed by atoms with E-state index in [1.807, 2.05) is 25.1 Å². The summed E-state index contributed by atoms with van der Waals surface area (Å²) in [6.07, 6.45) is 1.84. The molecule has 3 rings (SSSR count). The third-order valence-corrected chi connectivity index (χ3v) is 7.05. The van der Waals surface area contributed by atoms with Crippen molar-refractivity contribution in [2.24, 2.45) is 5.10 Å². The number of nitrogens with zero attached hydrogens (tertiary/aromatic N) is 2. The fourth-order valence-electron chi connectivity index (χ4n) is 3.82. The first-order chi connectivity index (χ1) is 16.5. The van der Waals surface area contributed by atoms with E-state index in [1.165, 1.54) is 9.87 Å². The fourth-order valence-corrected chi connectivity index (χ4v) is 4.83. The van der Waals surface area contributed by atoms with Gasteiger partial charge in [-0.15, -0.1) is 0 Å². The Morgan fingerprint density at radius 2 is 1.57 bits per heavy atom. The van der Waals surface area contributed by atoms with Gasteiger partial charge in [-0.3, -0.25) is 9.10 Å². The van der Waals surface area contributed by atoms with Crippen LogP contribution in [0.15, 0.2) is 84.0 Å². The zero-order chi connectivity index (χ0) is 25.6. The molecule has 35 heavy (non-hydrogen) atoms. The number of amides is 1. The zero-order valence-electron chi connectivity index (χ0n) is 20.3. The lowest BCUT2D eigenvalue weighted by molar-refractivity contribution is 0.0954. The Morgan fingerprint density at radius 3 is 2.14 bits per heavy atom. The molecule has 0 aliphatic rings. The van der Waals surface area contributed by atoms with Crippen LogP contribution in [0.25, 0.3) is 0 Å². The largest absolute Gasteiger partial charge is 0.271 e. The highest BCUT2D eigenvalue weighted by Gasteiger charge is 2.22. The highest BCUT2D eigenvalue weighted by molar-refractivity contribution is 7.92. The molecule has 0 spiro atoms. The van der Waals surface area contributed by atoms with E-state index in [0.29, 0.717) is 22.7 Å². The van der Waals surface area contributed by atoms with E-state index < -0.39 is 10.0 Å². The Kier molecular flexibility index (Phi) is 8.35. The predicted octanol–water partition coefficient (Wildman–Crippen LogP) is 5.78. The van der Waals surface area contributed by atoms with Crippen molar-refractivity contribution >= 4 is 38.9 Å². The van der Waals surface area contributed by atoms with Gasteiger partial charge < -0.3 is 0 Å². The normalized spacial score (nSPS) is 12.3. The Balaban J connectivity index is 1.68. The molecule has 0 bridgehead atoms. The minimum absolute atomic E-state index is 0.125. The second kappa shape index (κ2) is 11.1. The molecule has 0 aliphatic carbocycles. The number of benzene rings is 3. The van der Waals surface area contributed by atoms with Crippen molar-refractivity contribution in [3.63, 3.8) is 0 Å². The molecule has 184 valence electrons. The van der Waals surface area contributed by atoms with E-state index in [1.54, 1.807) is 48.5 Å². The summed E-state index contributed by atoms with van der Waals surface area (Å²) in [5.41, 5.74) is 6.12. The molecular formula is C27H30ClN3O3S. The quantitative estimate of drug-likeness (QED) is 0.292. The highest BCUT2D eigenvalue weighted by Crippen LogP contribution is 2.27. The molecule has 0 fully saturated rings. The van der Waals surface area contributed by atoms with E-state index in [-0.39, 0.29) is 17.9 Å². The van der Waals surface area contributed by atoms with Crippen molar-refractivity contribution in [1.82, 2.24) is 5.43 Å². The number of hydrogen-bond acceptors (Lipinski definition) is 4. The van der Waals surface area contributed by atoms with Crippen LogP contribution >= 0.6 is 11.6 Å². The zero-order valence-corrected chi connectivity index (χ0v) is 21.9. The fraction of sp³-hybridized carbons (Fsp3) is 0.259. The van der Waals surface area contributed by atoms with Crippen molar-refractivity contribution in [3.05, 3.63) is 101 Å². The number of hydrogen-bond donors (Lipinski definition) is 1. The molecule has 0 unspecified atom stereocenters. The van der Waals surface area contributed by atoms with Gasteiger partial charge in [-0.2, -0.15) is 5.10 Å². The van der Waals surface area contributed by atoms with Gasteiger partial charge in [0.1, 0.15) is 0 Å². The van der Waals surface area contributed by atoms with Gasteiger partial charge in [0.2, 0.25) is 10.0 Å². The SMILES string of the molecule is C/C(CC(C)(C)c1ccccc1)=N/NC(=O)c1ccc(N(Cc2ccc(Cl)cc2)S(C)(=O)=O)cc1. The average molecular weight is 512 g/mol. The number of sulfonamides is 1. The molecule has 0 aromatic heterocycles. The second-order valence-electron chi connectivity index (χ2n) is 9.16. The van der Waals surface area contributed by atoms with Crippen LogP contribution < -0.4 is 9.73 Å². The lowest BCUT2D eigenvalue weighted by atomic mass is 9.80. The summed E-state index contributed by atoms with van der Waals surface area (Å²) in [5, 5.41) is 4.85. The maximum atomic E-state index is 12.6. The van der Waals surface area contributed by atoms with E-state index in [9.17, 15) is 13.2 Å². The minimum Gasteiger partial charge on any atom is -0.267 e. The lowest BCUT2D eigenvalue weighted by Gasteiger charge is -2.25. The molecular weight excluding hydrogens is 482 g/mol. The van der Waals surface area contributed by atoms with E-state index in [4.69, 9.17) is 11.6 Å². The molecule has 0 saturated carbocycles. The predicted molar refractivity (Wildman–Crippen MR) is 144 cm³/mol. The van der Waals surface area contributed by atoms with Crippen LogP contribution in [0.5, 0.6) is 0 Å². The second-order valence-corrected chi connectivity index (χ2v) is 11.5. The van der Waals surface area contributed by atoms with Crippen molar-refractivity contribution in [2.45, 2.75) is 39.2 Å². The number of carbonyl (C=O) groups is 1. The van der Waals surface area contributed by atoms with Crippen LogP contribution in [-0.2, 0) is 22.0 Å². The van der Waals surface area contributed by atoms with Gasteiger partial charge in [-0.1, -0.05) is 67.9 Å². The molecule has 3 aromatic rings. The average Bonchev–Trinajstić information content (AvgIpc) is 2.82. The molecule has 0 heterocycles. The maximum absolute atomic E-state index is 12.6. The summed E-state index contributed by atoms with van der Waals surface area (Å²) in [5.74, 6) is -0.364. The first-order valence-corrected chi connectivity index (χ1v) is 13.4. The van der Waals surface area contributed by atoms with Gasteiger partial charge in [0.05, 0.1) is 18.5 Å². The van der Waals surface area contributed by atoms with Crippen molar-refractivity contribution in [2.75, 3.05) is 10.6 Å². The van der Waals surface area contributed by atoms with Gasteiger partial charge in [0.15, 0.2) is 0 Å². The number of halogens is 1. The van der Waals surface area contributed by atoms with Gasteiger partial charge in [-0.25, -0.2) is 13.8 Å². The summed E-state index contributed by atoms with van der Waals surface area (Å²) in [6.45, 7) is 6.32. The molecule has 0 aliphatic heterocycles. The van der Waals surface area contributed by atoms with Gasteiger partial charge in [0, 0.05) is 16.3 Å². The van der Waals surface area contributed by atoms with Gasteiger partial charge in [0.25, 0.3) is 5.91 Å². The molecule has 0 radical (unpaired) electrons. The number of anilines is 1. The highest BCUT2D eigenvalue weighted by atomic mass is 35.5. The molecule has 6 nitrogen and oxygen atoms in total. The summed E-state index contributed by atoms with van der Waals surface area (Å²) >= 11 is 5.93. The lowest BCUT2D eigenvalue weighted by Crippen LogP contribution is -2.29. The molecule has 0 saturated heterocycles. The van der Waals surface area contributed by atoms with Crippen LogP contribution in [0, 0.1) is 0 Å². The topological polar surface area (TPSA) is 78.8 Å². The van der Waals surface area contributed by atoms with Crippen LogP contribution in [0.1, 0.15) is 48.7 Å². The molecule has 1 amide bonds. The van der Waals surface area contributed by atoms with Crippen LogP contribution in [-0.4, -0.2) is 26.3 Å². The van der Waals surface area contributed by atoms with Crippen molar-refractivity contribution in [3.8, 4) is 0 Å². The first-order valence-electron chi connectivity index (χ1n) is 11.2. The maximum Gasteiger partial charge on any atom is 0.271 e. The summed E-state index contributed by atoms with van der Waals surface area (Å²) < 4.78 is 26.1. The Labute approximate surface area is 212 Å². The van der Waals surface area contributed by atoms with Crippen molar-refractivity contribution in [1.29, 1.82) is 0 Å². The smallest absolute Gasteiger partial charge is 0.267 e. The Bertz CT molecular complexity index is 1290. The summed E-state index contributed by atoms with van der Waals surface area (Å²) in [6, 6.07) is 23.6. The number of nitrogens with one attached hydrogen (secondary N) is 1. The molecule has 3 aromatic carbocycles. The summed E-state index contributed by atoms with van der Waals surface area (Å²) in [4.78, 5) is 12.6. The number of carbonyl (C=O) groups excluding carboxylic acids is 1. The van der Waals surface area contributed by atoms with E-state index >= 15 is 0 Å².